The Hall–Kier alpha value is -4.95. The van der Waals surface area contributed by atoms with Crippen LogP contribution in [0.25, 0.3) is 11.1 Å². The van der Waals surface area contributed by atoms with Crippen LogP contribution in [0.2, 0.25) is 5.02 Å². The molecule has 11 heteroatoms. The SMILES string of the molecule is Cc1c(COc2cc(OCc3cccc(C#N)c3)c(CN[C@@H]3C(C(C)(C)C)N(C(=O)O)C[C@H]3O)cc2Cl)cccc1-c1ccc2c(c1)OCCO2. The van der Waals surface area contributed by atoms with E-state index in [2.05, 4.69) is 24.4 Å². The normalized spacial score (nSPS) is 18.3. The fraction of sp³-hybridized carbons (Fsp3) is 0.350. The summed E-state index contributed by atoms with van der Waals surface area (Å²) in [6, 6.07) is 23.9. The maximum atomic E-state index is 12.1. The van der Waals surface area contributed by atoms with Crippen molar-refractivity contribution in [2.45, 2.75) is 65.6 Å². The predicted octanol–water partition coefficient (Wildman–Crippen LogP) is 7.34. The number of hydrogen-bond acceptors (Lipinski definition) is 8. The summed E-state index contributed by atoms with van der Waals surface area (Å²) in [6.45, 7) is 9.66. The zero-order valence-corrected chi connectivity index (χ0v) is 29.9. The molecular weight excluding hydrogens is 670 g/mol. The number of amides is 1. The van der Waals surface area contributed by atoms with Crippen molar-refractivity contribution in [1.29, 1.82) is 5.26 Å². The molecule has 2 heterocycles. The Morgan fingerprint density at radius 2 is 1.73 bits per heavy atom. The molecule has 2 aliphatic heterocycles. The summed E-state index contributed by atoms with van der Waals surface area (Å²) >= 11 is 6.84. The molecule has 51 heavy (non-hydrogen) atoms. The number of nitrogens with zero attached hydrogens (tertiary/aromatic N) is 2. The van der Waals surface area contributed by atoms with Crippen molar-refractivity contribution >= 4 is 17.7 Å². The number of rotatable bonds is 10. The van der Waals surface area contributed by atoms with E-state index >= 15 is 0 Å². The topological polar surface area (TPSA) is 134 Å². The van der Waals surface area contributed by atoms with Crippen molar-refractivity contribution in [2.75, 3.05) is 19.8 Å². The zero-order valence-electron chi connectivity index (χ0n) is 29.1. The van der Waals surface area contributed by atoms with Gasteiger partial charge in [-0.15, -0.1) is 0 Å². The van der Waals surface area contributed by atoms with Crippen molar-refractivity contribution < 1.29 is 34.0 Å². The van der Waals surface area contributed by atoms with Gasteiger partial charge in [-0.25, -0.2) is 4.79 Å². The van der Waals surface area contributed by atoms with Crippen molar-refractivity contribution in [2.24, 2.45) is 5.41 Å². The minimum Gasteiger partial charge on any atom is -0.488 e. The van der Waals surface area contributed by atoms with Crippen LogP contribution in [0, 0.1) is 23.7 Å². The number of benzene rings is 4. The third-order valence-corrected chi connectivity index (χ3v) is 9.68. The summed E-state index contributed by atoms with van der Waals surface area (Å²) in [7, 11) is 0. The summed E-state index contributed by atoms with van der Waals surface area (Å²) in [5, 5.41) is 34.0. The molecule has 0 radical (unpaired) electrons. The van der Waals surface area contributed by atoms with E-state index in [1.165, 1.54) is 4.90 Å². The molecular formula is C40H42ClN3O7. The molecule has 3 N–H and O–H groups in total. The first-order valence-electron chi connectivity index (χ1n) is 16.9. The second kappa shape index (κ2) is 15.1. The Balaban J connectivity index is 1.25. The molecule has 0 spiro atoms. The smallest absolute Gasteiger partial charge is 0.407 e. The third kappa shape index (κ3) is 8.02. The first kappa shape index (κ1) is 35.9. The quantitative estimate of drug-likeness (QED) is 0.154. The van der Waals surface area contributed by atoms with Gasteiger partial charge in [-0.1, -0.05) is 68.8 Å². The molecule has 1 unspecified atom stereocenters. The van der Waals surface area contributed by atoms with E-state index in [4.69, 9.17) is 30.5 Å². The van der Waals surface area contributed by atoms with Crippen LogP contribution in [-0.4, -0.2) is 59.2 Å². The average molecular weight is 712 g/mol. The van der Waals surface area contributed by atoms with Crippen molar-refractivity contribution in [3.63, 3.8) is 0 Å². The number of nitriles is 1. The molecule has 4 aromatic carbocycles. The molecule has 4 aromatic rings. The lowest BCUT2D eigenvalue weighted by molar-refractivity contribution is 0.0961. The Bertz CT molecular complexity index is 1950. The minimum atomic E-state index is -1.07. The van der Waals surface area contributed by atoms with E-state index in [9.17, 15) is 20.3 Å². The van der Waals surface area contributed by atoms with E-state index in [-0.39, 0.29) is 26.3 Å². The average Bonchev–Trinajstić information content (AvgIpc) is 3.47. The highest BCUT2D eigenvalue weighted by Gasteiger charge is 2.48. The van der Waals surface area contributed by atoms with Crippen LogP contribution in [0.1, 0.15) is 48.6 Å². The van der Waals surface area contributed by atoms with E-state index in [0.29, 0.717) is 40.9 Å². The Morgan fingerprint density at radius 3 is 2.47 bits per heavy atom. The largest absolute Gasteiger partial charge is 0.488 e. The first-order chi connectivity index (χ1) is 24.4. The number of aliphatic hydroxyl groups is 1. The molecule has 1 saturated heterocycles. The maximum Gasteiger partial charge on any atom is 0.407 e. The second-order valence-corrected chi connectivity index (χ2v) is 14.4. The third-order valence-electron chi connectivity index (χ3n) is 9.38. The lowest BCUT2D eigenvalue weighted by Gasteiger charge is -2.37. The fourth-order valence-electron chi connectivity index (χ4n) is 6.88. The number of hydrogen-bond donors (Lipinski definition) is 3. The first-order valence-corrected chi connectivity index (χ1v) is 17.3. The number of ether oxygens (including phenoxy) is 4. The molecule has 266 valence electrons. The standard InChI is InChI=1S/C40H42ClN3O7/c1-24-28(9-6-10-30(24)27-11-12-33-36(17-27)49-14-13-48-33)23-51-35-18-34(50-22-26-8-5-7-25(15-26)19-42)29(16-31(35)41)20-43-37-32(45)21-44(39(46)47)38(37)40(2,3)4/h5-12,15-18,32,37-38,43,45H,13-14,20-23H2,1-4H3,(H,46,47)/t32-,37+,38?/m1/s1. The van der Waals surface area contributed by atoms with Gasteiger partial charge in [0.2, 0.25) is 0 Å². The van der Waals surface area contributed by atoms with Crippen LogP contribution >= 0.6 is 11.6 Å². The summed E-state index contributed by atoms with van der Waals surface area (Å²) in [6.07, 6.45) is -1.97. The summed E-state index contributed by atoms with van der Waals surface area (Å²) < 4.78 is 24.2. The van der Waals surface area contributed by atoms with Crippen molar-refractivity contribution in [3.05, 3.63) is 106 Å². The van der Waals surface area contributed by atoms with Gasteiger partial charge in [-0.3, -0.25) is 0 Å². The molecule has 2 aliphatic rings. The van der Waals surface area contributed by atoms with Crippen LogP contribution in [0.15, 0.2) is 72.8 Å². The van der Waals surface area contributed by atoms with Gasteiger partial charge >= 0.3 is 6.09 Å². The summed E-state index contributed by atoms with van der Waals surface area (Å²) in [5.41, 5.74) is 5.70. The van der Waals surface area contributed by atoms with Gasteiger partial charge in [-0.2, -0.15) is 5.26 Å². The molecule has 0 bridgehead atoms. The molecule has 10 nitrogen and oxygen atoms in total. The van der Waals surface area contributed by atoms with Crippen LogP contribution in [0.3, 0.4) is 0 Å². The number of fused-ring (bicyclic) bond motifs is 1. The van der Waals surface area contributed by atoms with Crippen LogP contribution < -0.4 is 24.3 Å². The Morgan fingerprint density at radius 1 is 0.980 bits per heavy atom. The molecule has 0 saturated carbocycles. The van der Waals surface area contributed by atoms with Gasteiger partial charge in [0.1, 0.15) is 37.9 Å². The zero-order chi connectivity index (χ0) is 36.3. The Labute approximate surface area is 303 Å². The van der Waals surface area contributed by atoms with E-state index < -0.39 is 29.7 Å². The van der Waals surface area contributed by atoms with E-state index in [1.807, 2.05) is 57.2 Å². The van der Waals surface area contributed by atoms with Gasteiger partial charge < -0.3 is 39.4 Å². The number of carbonyl (C=O) groups is 1. The second-order valence-electron chi connectivity index (χ2n) is 13.9. The van der Waals surface area contributed by atoms with Crippen LogP contribution in [0.5, 0.6) is 23.0 Å². The molecule has 3 atom stereocenters. The highest BCUT2D eigenvalue weighted by Crippen LogP contribution is 2.38. The number of β-amino-alcohol motifs (C(OH)–C–C–N with tert-alkyl or cyclic N) is 1. The molecule has 0 aromatic heterocycles. The Kier molecular flexibility index (Phi) is 10.6. The summed E-state index contributed by atoms with van der Waals surface area (Å²) in [5.74, 6) is 2.39. The number of halogens is 1. The maximum absolute atomic E-state index is 12.1. The van der Waals surface area contributed by atoms with Gasteiger partial charge in [0, 0.05) is 18.2 Å². The van der Waals surface area contributed by atoms with Gasteiger partial charge in [0.25, 0.3) is 0 Å². The number of aliphatic hydroxyl groups excluding tert-OH is 1. The predicted molar refractivity (Wildman–Crippen MR) is 193 cm³/mol. The van der Waals surface area contributed by atoms with Gasteiger partial charge in [-0.05, 0) is 70.5 Å². The lowest BCUT2D eigenvalue weighted by atomic mass is 9.82. The monoisotopic (exact) mass is 711 g/mol. The van der Waals surface area contributed by atoms with E-state index in [0.717, 1.165) is 39.3 Å². The van der Waals surface area contributed by atoms with Crippen molar-refractivity contribution in [3.8, 4) is 40.2 Å². The summed E-state index contributed by atoms with van der Waals surface area (Å²) in [4.78, 5) is 13.4. The number of likely N-dealkylation sites (tertiary alicyclic amines) is 1. The van der Waals surface area contributed by atoms with Gasteiger partial charge in [0.15, 0.2) is 11.5 Å². The highest BCUT2D eigenvalue weighted by atomic mass is 35.5. The van der Waals surface area contributed by atoms with Gasteiger partial charge in [0.05, 0.1) is 41.4 Å². The van der Waals surface area contributed by atoms with Crippen molar-refractivity contribution in [1.82, 2.24) is 10.2 Å². The molecule has 6 rings (SSSR count). The number of nitrogens with one attached hydrogen (secondary N) is 1. The molecule has 1 amide bonds. The highest BCUT2D eigenvalue weighted by molar-refractivity contribution is 6.32. The lowest BCUT2D eigenvalue weighted by Crippen LogP contribution is -2.53. The minimum absolute atomic E-state index is 0.0103. The van der Waals surface area contributed by atoms with Crippen LogP contribution in [-0.2, 0) is 19.8 Å². The van der Waals surface area contributed by atoms with E-state index in [1.54, 1.807) is 30.3 Å². The van der Waals surface area contributed by atoms with Crippen LogP contribution in [0.4, 0.5) is 4.79 Å². The fourth-order valence-corrected chi connectivity index (χ4v) is 7.12. The molecule has 0 aliphatic carbocycles. The molecule has 1 fully saturated rings. The number of carboxylic acid groups (broad SMARTS) is 1.